The fraction of sp³-hybridized carbons (Fsp3) is 0.185. The summed E-state index contributed by atoms with van der Waals surface area (Å²) in [6.45, 7) is 6.48. The summed E-state index contributed by atoms with van der Waals surface area (Å²) in [7, 11) is 0. The number of amides is 1. The molecular weight excluding hydrogens is 588 g/mol. The van der Waals surface area contributed by atoms with Gasteiger partial charge in [0, 0.05) is 22.0 Å². The van der Waals surface area contributed by atoms with Crippen molar-refractivity contribution in [2.45, 2.75) is 25.2 Å². The second-order valence-electron chi connectivity index (χ2n) is 7.82. The van der Waals surface area contributed by atoms with Gasteiger partial charge in [0.1, 0.15) is 22.9 Å². The molecule has 0 aliphatic carbocycles. The van der Waals surface area contributed by atoms with Gasteiger partial charge in [-0.05, 0) is 36.8 Å². The number of thiophene rings is 1. The van der Waals surface area contributed by atoms with E-state index in [-0.39, 0.29) is 24.9 Å². The average molecular weight is 614 g/mol. The Balaban J connectivity index is 1.44. The van der Waals surface area contributed by atoms with Crippen molar-refractivity contribution in [2.24, 2.45) is 0 Å². The van der Waals surface area contributed by atoms with Gasteiger partial charge in [0.2, 0.25) is 5.91 Å². The SMILES string of the molecule is C=CCn1c(COc2ccc(Br)cc2)nnc1SCC(=O)Nc1scc(-c2ccccc2)c1C(=O)OCC. The highest BCUT2D eigenvalue weighted by molar-refractivity contribution is 9.10. The first kappa shape index (κ1) is 27.6. The molecule has 0 saturated heterocycles. The molecule has 2 aromatic heterocycles. The number of anilines is 1. The van der Waals surface area contributed by atoms with E-state index in [1.807, 2.05) is 64.5 Å². The van der Waals surface area contributed by atoms with Crippen LogP contribution >= 0.6 is 39.0 Å². The number of hydrogen-bond donors (Lipinski definition) is 1. The van der Waals surface area contributed by atoms with E-state index < -0.39 is 5.97 Å². The number of nitrogens with zero attached hydrogens (tertiary/aromatic N) is 3. The van der Waals surface area contributed by atoms with Crippen LogP contribution < -0.4 is 10.1 Å². The molecule has 0 atom stereocenters. The Bertz CT molecular complexity index is 1400. The van der Waals surface area contributed by atoms with Crippen LogP contribution in [0.25, 0.3) is 11.1 Å². The molecule has 0 spiro atoms. The number of thioether (sulfide) groups is 1. The molecule has 2 heterocycles. The predicted octanol–water partition coefficient (Wildman–Crippen LogP) is 6.44. The highest BCUT2D eigenvalue weighted by atomic mass is 79.9. The van der Waals surface area contributed by atoms with Crippen LogP contribution in [-0.4, -0.2) is 39.0 Å². The van der Waals surface area contributed by atoms with Crippen molar-refractivity contribution in [2.75, 3.05) is 17.7 Å². The van der Waals surface area contributed by atoms with Crippen molar-refractivity contribution in [1.29, 1.82) is 0 Å². The normalized spacial score (nSPS) is 10.7. The lowest BCUT2D eigenvalue weighted by Crippen LogP contribution is -2.17. The summed E-state index contributed by atoms with van der Waals surface area (Å²) in [5, 5.41) is 14.2. The Hall–Kier alpha value is -3.41. The molecule has 4 aromatic rings. The second kappa shape index (κ2) is 13.4. The zero-order valence-corrected chi connectivity index (χ0v) is 23.8. The fourth-order valence-corrected chi connectivity index (χ4v) is 5.51. The van der Waals surface area contributed by atoms with Gasteiger partial charge >= 0.3 is 5.97 Å². The predicted molar refractivity (Wildman–Crippen MR) is 154 cm³/mol. The van der Waals surface area contributed by atoms with Crippen molar-refractivity contribution < 1.29 is 19.1 Å². The molecule has 0 radical (unpaired) electrons. The molecule has 11 heteroatoms. The van der Waals surface area contributed by atoms with Crippen LogP contribution in [0.3, 0.4) is 0 Å². The third-order valence-electron chi connectivity index (χ3n) is 5.23. The molecule has 38 heavy (non-hydrogen) atoms. The van der Waals surface area contributed by atoms with Crippen LogP contribution in [0.15, 0.2) is 82.3 Å². The van der Waals surface area contributed by atoms with Crippen LogP contribution in [-0.2, 0) is 22.7 Å². The lowest BCUT2D eigenvalue weighted by molar-refractivity contribution is -0.113. The topological polar surface area (TPSA) is 95.3 Å². The fourth-order valence-electron chi connectivity index (χ4n) is 3.50. The average Bonchev–Trinajstić information content (AvgIpc) is 3.52. The minimum Gasteiger partial charge on any atom is -0.486 e. The van der Waals surface area contributed by atoms with Gasteiger partial charge in [0.15, 0.2) is 11.0 Å². The summed E-state index contributed by atoms with van der Waals surface area (Å²) >= 11 is 5.94. The van der Waals surface area contributed by atoms with Crippen LogP contribution in [0, 0.1) is 0 Å². The Labute approximate surface area is 237 Å². The molecule has 0 bridgehead atoms. The van der Waals surface area contributed by atoms with Gasteiger partial charge in [-0.3, -0.25) is 9.36 Å². The zero-order chi connectivity index (χ0) is 26.9. The summed E-state index contributed by atoms with van der Waals surface area (Å²) in [5.41, 5.74) is 1.94. The van der Waals surface area contributed by atoms with Crippen LogP contribution in [0.5, 0.6) is 5.75 Å². The van der Waals surface area contributed by atoms with Crippen molar-refractivity contribution >= 4 is 55.9 Å². The molecule has 0 saturated carbocycles. The lowest BCUT2D eigenvalue weighted by atomic mass is 10.0. The third kappa shape index (κ3) is 6.91. The number of carbonyl (C=O) groups excluding carboxylic acids is 2. The molecule has 0 aliphatic heterocycles. The van der Waals surface area contributed by atoms with Gasteiger partial charge in [0.05, 0.1) is 12.4 Å². The first-order valence-electron chi connectivity index (χ1n) is 11.7. The molecule has 1 N–H and O–H groups in total. The van der Waals surface area contributed by atoms with Crippen molar-refractivity contribution in [1.82, 2.24) is 14.8 Å². The first-order chi connectivity index (χ1) is 18.5. The van der Waals surface area contributed by atoms with Gasteiger partial charge in [-0.25, -0.2) is 4.79 Å². The van der Waals surface area contributed by atoms with Crippen molar-refractivity contribution in [3.63, 3.8) is 0 Å². The van der Waals surface area contributed by atoms with E-state index in [2.05, 4.69) is 38.0 Å². The monoisotopic (exact) mass is 612 g/mol. The largest absolute Gasteiger partial charge is 0.486 e. The Kier molecular flexibility index (Phi) is 9.74. The number of ether oxygens (including phenoxy) is 2. The maximum Gasteiger partial charge on any atom is 0.341 e. The number of esters is 1. The van der Waals surface area contributed by atoms with E-state index >= 15 is 0 Å². The molecule has 0 aliphatic rings. The quantitative estimate of drug-likeness (QED) is 0.112. The van der Waals surface area contributed by atoms with E-state index in [0.29, 0.717) is 33.8 Å². The summed E-state index contributed by atoms with van der Waals surface area (Å²) in [5.74, 6) is 0.646. The van der Waals surface area contributed by atoms with Gasteiger partial charge in [-0.2, -0.15) is 0 Å². The van der Waals surface area contributed by atoms with Crippen LogP contribution in [0.1, 0.15) is 23.1 Å². The Morgan fingerprint density at radius 2 is 1.92 bits per heavy atom. The molecule has 1 amide bonds. The highest BCUT2D eigenvalue weighted by Gasteiger charge is 2.23. The minimum absolute atomic E-state index is 0.0731. The van der Waals surface area contributed by atoms with Crippen LogP contribution in [0.4, 0.5) is 5.00 Å². The highest BCUT2D eigenvalue weighted by Crippen LogP contribution is 2.36. The number of carbonyl (C=O) groups is 2. The summed E-state index contributed by atoms with van der Waals surface area (Å²) in [4.78, 5) is 25.7. The molecule has 0 unspecified atom stereocenters. The van der Waals surface area contributed by atoms with Gasteiger partial charge in [-0.1, -0.05) is 64.1 Å². The summed E-state index contributed by atoms with van der Waals surface area (Å²) in [6.07, 6.45) is 1.74. The number of allylic oxidation sites excluding steroid dienone is 1. The maximum atomic E-state index is 12.9. The standard InChI is InChI=1S/C27H25BrN4O4S2/c1-3-14-32-22(15-36-20-12-10-19(28)11-13-20)30-31-27(32)38-17-23(33)29-25-24(26(34)35-4-2)21(16-37-25)18-8-6-5-7-9-18/h3,5-13,16H,1,4,14-15,17H2,2H3,(H,29,33). The van der Waals surface area contributed by atoms with Crippen molar-refractivity contribution in [3.05, 3.63) is 88.5 Å². The van der Waals surface area contributed by atoms with E-state index in [0.717, 1.165) is 15.6 Å². The number of hydrogen-bond acceptors (Lipinski definition) is 8. The number of benzene rings is 2. The van der Waals surface area contributed by atoms with Gasteiger partial charge in [0.25, 0.3) is 0 Å². The molecule has 4 rings (SSSR count). The number of nitrogens with one attached hydrogen (secondary N) is 1. The Morgan fingerprint density at radius 3 is 2.63 bits per heavy atom. The second-order valence-corrected chi connectivity index (χ2v) is 10.6. The number of aromatic nitrogens is 3. The van der Waals surface area contributed by atoms with E-state index in [4.69, 9.17) is 9.47 Å². The molecule has 196 valence electrons. The van der Waals surface area contributed by atoms with Gasteiger partial charge < -0.3 is 14.8 Å². The maximum absolute atomic E-state index is 12.9. The number of halogens is 1. The lowest BCUT2D eigenvalue weighted by Gasteiger charge is -2.10. The van der Waals surface area contributed by atoms with Crippen LogP contribution in [0.2, 0.25) is 0 Å². The van der Waals surface area contributed by atoms with E-state index in [1.54, 1.807) is 13.0 Å². The molecule has 2 aromatic carbocycles. The smallest absolute Gasteiger partial charge is 0.341 e. The van der Waals surface area contributed by atoms with Gasteiger partial charge in [-0.15, -0.1) is 28.1 Å². The molecular formula is C27H25BrN4O4S2. The zero-order valence-electron chi connectivity index (χ0n) is 20.6. The molecule has 8 nitrogen and oxygen atoms in total. The Morgan fingerprint density at radius 1 is 1.16 bits per heavy atom. The summed E-state index contributed by atoms with van der Waals surface area (Å²) in [6, 6.07) is 17.0. The third-order valence-corrected chi connectivity index (χ3v) is 7.62. The minimum atomic E-state index is -0.475. The van der Waals surface area contributed by atoms with E-state index in [1.165, 1.54) is 23.1 Å². The van der Waals surface area contributed by atoms with E-state index in [9.17, 15) is 9.59 Å². The summed E-state index contributed by atoms with van der Waals surface area (Å²) < 4.78 is 13.9. The first-order valence-corrected chi connectivity index (χ1v) is 14.3. The number of rotatable bonds is 12. The molecule has 0 fully saturated rings. The van der Waals surface area contributed by atoms with Crippen molar-refractivity contribution in [3.8, 4) is 16.9 Å².